The zero-order chi connectivity index (χ0) is 21.7. The van der Waals surface area contributed by atoms with Crippen molar-refractivity contribution in [3.8, 4) is 17.2 Å². The molecule has 1 saturated heterocycles. The van der Waals surface area contributed by atoms with Crippen LogP contribution in [0.5, 0.6) is 17.2 Å². The van der Waals surface area contributed by atoms with Gasteiger partial charge in [0, 0.05) is 19.2 Å². The van der Waals surface area contributed by atoms with E-state index in [2.05, 4.69) is 5.32 Å². The minimum atomic E-state index is -3.69. The summed E-state index contributed by atoms with van der Waals surface area (Å²) in [5.74, 6) is 0.737. The van der Waals surface area contributed by atoms with E-state index in [1.165, 1.54) is 43.8 Å². The van der Waals surface area contributed by atoms with Crippen LogP contribution in [0.25, 0.3) is 0 Å². The Bertz CT molecular complexity index is 1020. The molecule has 8 nitrogen and oxygen atoms in total. The molecule has 0 aromatic heterocycles. The van der Waals surface area contributed by atoms with E-state index in [1.54, 1.807) is 18.2 Å². The van der Waals surface area contributed by atoms with Gasteiger partial charge in [-0.15, -0.1) is 0 Å². The number of methoxy groups -OCH3 is 3. The molecule has 162 valence electrons. The molecule has 3 rings (SSSR count). The lowest BCUT2D eigenvalue weighted by molar-refractivity contribution is 0.102. The normalized spacial score (nSPS) is 14.8. The van der Waals surface area contributed by atoms with Crippen molar-refractivity contribution >= 4 is 21.6 Å². The van der Waals surface area contributed by atoms with Crippen molar-refractivity contribution in [1.29, 1.82) is 0 Å². The molecule has 1 N–H and O–H groups in total. The van der Waals surface area contributed by atoms with Gasteiger partial charge in [-0.05, 0) is 43.2 Å². The van der Waals surface area contributed by atoms with Crippen LogP contribution >= 0.6 is 0 Å². The summed E-state index contributed by atoms with van der Waals surface area (Å²) in [6.07, 6.45) is 2.68. The molecule has 2 aromatic carbocycles. The van der Waals surface area contributed by atoms with Crippen LogP contribution in [0.2, 0.25) is 0 Å². The molecule has 2 aromatic rings. The first kappa shape index (κ1) is 21.9. The van der Waals surface area contributed by atoms with E-state index in [1.807, 2.05) is 0 Å². The Hall–Kier alpha value is -2.78. The number of benzene rings is 2. The number of anilines is 1. The number of hydrogen-bond acceptors (Lipinski definition) is 6. The highest BCUT2D eigenvalue weighted by Gasteiger charge is 2.28. The third-order valence-electron chi connectivity index (χ3n) is 5.02. The highest BCUT2D eigenvalue weighted by molar-refractivity contribution is 7.89. The average molecular weight is 435 g/mol. The standard InChI is InChI=1S/C21H26N2O6S/c1-27-15-7-9-20(29-3)18(13-15)22-21(24)17-14-16(8-10-19(17)28-2)30(25,26)23-11-5-4-6-12-23/h7-10,13-14H,4-6,11-12H2,1-3H3,(H,22,24). The van der Waals surface area contributed by atoms with Crippen molar-refractivity contribution in [3.05, 3.63) is 42.0 Å². The molecule has 0 aliphatic carbocycles. The largest absolute Gasteiger partial charge is 0.497 e. The van der Waals surface area contributed by atoms with Crippen molar-refractivity contribution in [2.45, 2.75) is 24.2 Å². The topological polar surface area (TPSA) is 94.2 Å². The first-order valence-corrected chi connectivity index (χ1v) is 11.1. The second-order valence-electron chi connectivity index (χ2n) is 6.85. The van der Waals surface area contributed by atoms with Crippen LogP contribution in [-0.4, -0.2) is 53.0 Å². The first-order chi connectivity index (χ1) is 14.4. The maximum Gasteiger partial charge on any atom is 0.259 e. The van der Waals surface area contributed by atoms with Gasteiger partial charge in [-0.25, -0.2) is 8.42 Å². The van der Waals surface area contributed by atoms with E-state index in [9.17, 15) is 13.2 Å². The fourth-order valence-corrected chi connectivity index (χ4v) is 4.92. The number of amides is 1. The van der Waals surface area contributed by atoms with E-state index < -0.39 is 15.9 Å². The number of piperidine rings is 1. The zero-order valence-electron chi connectivity index (χ0n) is 17.3. The Morgan fingerprint density at radius 3 is 2.20 bits per heavy atom. The molecular formula is C21H26N2O6S. The molecule has 1 heterocycles. The van der Waals surface area contributed by atoms with Crippen molar-refractivity contribution in [3.63, 3.8) is 0 Å². The summed E-state index contributed by atoms with van der Waals surface area (Å²) >= 11 is 0. The minimum Gasteiger partial charge on any atom is -0.497 e. The smallest absolute Gasteiger partial charge is 0.259 e. The molecule has 9 heteroatoms. The molecule has 0 saturated carbocycles. The SMILES string of the molecule is COc1ccc(OC)c(NC(=O)c2cc(S(=O)(=O)N3CCCCC3)ccc2OC)c1. The third kappa shape index (κ3) is 4.52. The van der Waals surface area contributed by atoms with Crippen LogP contribution in [0.3, 0.4) is 0 Å². The summed E-state index contributed by atoms with van der Waals surface area (Å²) < 4.78 is 43.3. The van der Waals surface area contributed by atoms with Crippen LogP contribution in [-0.2, 0) is 10.0 Å². The van der Waals surface area contributed by atoms with Gasteiger partial charge in [0.1, 0.15) is 17.2 Å². The van der Waals surface area contributed by atoms with Crippen molar-refractivity contribution in [2.75, 3.05) is 39.7 Å². The summed E-state index contributed by atoms with van der Waals surface area (Å²) in [7, 11) is 0.750. The van der Waals surface area contributed by atoms with E-state index in [4.69, 9.17) is 14.2 Å². The molecule has 1 fully saturated rings. The van der Waals surface area contributed by atoms with Gasteiger partial charge in [-0.3, -0.25) is 4.79 Å². The zero-order valence-corrected chi connectivity index (χ0v) is 18.1. The van der Waals surface area contributed by atoms with Crippen LogP contribution < -0.4 is 19.5 Å². The molecule has 1 amide bonds. The van der Waals surface area contributed by atoms with Crippen LogP contribution in [0.1, 0.15) is 29.6 Å². The van der Waals surface area contributed by atoms with Gasteiger partial charge >= 0.3 is 0 Å². The Kier molecular flexibility index (Phi) is 6.84. The van der Waals surface area contributed by atoms with Gasteiger partial charge in [0.2, 0.25) is 10.0 Å². The highest BCUT2D eigenvalue weighted by atomic mass is 32.2. The van der Waals surface area contributed by atoms with E-state index in [0.717, 1.165) is 19.3 Å². The number of nitrogens with zero attached hydrogens (tertiary/aromatic N) is 1. The maximum atomic E-state index is 13.0. The molecule has 0 radical (unpaired) electrons. The summed E-state index contributed by atoms with van der Waals surface area (Å²) in [5, 5.41) is 2.75. The first-order valence-electron chi connectivity index (χ1n) is 9.62. The predicted octanol–water partition coefficient (Wildman–Crippen LogP) is 3.14. The number of nitrogens with one attached hydrogen (secondary N) is 1. The highest BCUT2D eigenvalue weighted by Crippen LogP contribution is 2.31. The minimum absolute atomic E-state index is 0.0629. The predicted molar refractivity (Wildman–Crippen MR) is 113 cm³/mol. The van der Waals surface area contributed by atoms with Gasteiger partial charge in [0.05, 0.1) is 37.5 Å². The summed E-state index contributed by atoms with van der Waals surface area (Å²) in [5.41, 5.74) is 0.508. The quantitative estimate of drug-likeness (QED) is 0.720. The monoisotopic (exact) mass is 434 g/mol. The maximum absolute atomic E-state index is 13.0. The molecule has 0 spiro atoms. The fourth-order valence-electron chi connectivity index (χ4n) is 3.38. The van der Waals surface area contributed by atoms with Gasteiger partial charge < -0.3 is 19.5 Å². The Morgan fingerprint density at radius 1 is 0.900 bits per heavy atom. The lowest BCUT2D eigenvalue weighted by atomic mass is 10.1. The molecular weight excluding hydrogens is 408 g/mol. The van der Waals surface area contributed by atoms with Crippen molar-refractivity contribution < 1.29 is 27.4 Å². The van der Waals surface area contributed by atoms with Gasteiger partial charge in [0.15, 0.2) is 0 Å². The summed E-state index contributed by atoms with van der Waals surface area (Å²) in [4.78, 5) is 13.1. The second kappa shape index (κ2) is 9.36. The second-order valence-corrected chi connectivity index (χ2v) is 8.79. The van der Waals surface area contributed by atoms with E-state index in [-0.39, 0.29) is 16.2 Å². The Morgan fingerprint density at radius 2 is 1.57 bits per heavy atom. The van der Waals surface area contributed by atoms with Gasteiger partial charge in [-0.1, -0.05) is 6.42 Å². The lowest BCUT2D eigenvalue weighted by Gasteiger charge is -2.26. The van der Waals surface area contributed by atoms with Gasteiger partial charge in [-0.2, -0.15) is 4.31 Å². The fraction of sp³-hybridized carbons (Fsp3) is 0.381. The average Bonchev–Trinajstić information content (AvgIpc) is 2.79. The number of carbonyl (C=O) groups excluding carboxylic acids is 1. The number of ether oxygens (including phenoxy) is 3. The molecule has 0 unspecified atom stereocenters. The molecule has 1 aliphatic rings. The van der Waals surface area contributed by atoms with Crippen LogP contribution in [0, 0.1) is 0 Å². The third-order valence-corrected chi connectivity index (χ3v) is 6.92. The number of carbonyl (C=O) groups is 1. The number of hydrogen-bond donors (Lipinski definition) is 1. The van der Waals surface area contributed by atoms with Crippen LogP contribution in [0.4, 0.5) is 5.69 Å². The molecule has 0 bridgehead atoms. The van der Waals surface area contributed by atoms with Crippen LogP contribution in [0.15, 0.2) is 41.3 Å². The van der Waals surface area contributed by atoms with Crippen molar-refractivity contribution in [1.82, 2.24) is 4.31 Å². The Balaban J connectivity index is 1.95. The van der Waals surface area contributed by atoms with Crippen molar-refractivity contribution in [2.24, 2.45) is 0 Å². The van der Waals surface area contributed by atoms with Gasteiger partial charge in [0.25, 0.3) is 5.91 Å². The Labute approximate surface area is 176 Å². The lowest BCUT2D eigenvalue weighted by Crippen LogP contribution is -2.35. The van der Waals surface area contributed by atoms with E-state index in [0.29, 0.717) is 30.3 Å². The number of rotatable bonds is 7. The summed E-state index contributed by atoms with van der Waals surface area (Å²) in [6.45, 7) is 0.966. The van der Waals surface area contributed by atoms with E-state index >= 15 is 0 Å². The summed E-state index contributed by atoms with van der Waals surface area (Å²) in [6, 6.07) is 9.31. The molecule has 1 aliphatic heterocycles. The molecule has 0 atom stereocenters. The molecule has 30 heavy (non-hydrogen) atoms. The number of sulfonamides is 1.